The molecule has 1 atom stereocenters. The lowest BCUT2D eigenvalue weighted by Gasteiger charge is -2.02. The topological polar surface area (TPSA) is 37.3 Å². The Morgan fingerprint density at radius 1 is 1.27 bits per heavy atom. The number of unbranched alkanes of at least 4 members (excludes halogenated alkanes) is 2. The van der Waals surface area contributed by atoms with E-state index in [1.807, 2.05) is 31.2 Å². The molecule has 0 saturated carbocycles. The van der Waals surface area contributed by atoms with E-state index in [0.717, 1.165) is 29.7 Å². The van der Waals surface area contributed by atoms with Crippen LogP contribution in [0, 0.1) is 6.92 Å². The number of aliphatic hydroxyl groups is 1. The van der Waals surface area contributed by atoms with Crippen molar-refractivity contribution in [3.05, 3.63) is 29.8 Å². The Hall–Kier alpha value is -0.670. The molecule has 0 fully saturated rings. The highest BCUT2D eigenvalue weighted by molar-refractivity contribution is 7.85. The molecule has 0 bridgehead atoms. The molecule has 0 aliphatic rings. The summed E-state index contributed by atoms with van der Waals surface area (Å²) in [6, 6.07) is 7.83. The minimum Gasteiger partial charge on any atom is -0.396 e. The highest BCUT2D eigenvalue weighted by Gasteiger charge is 2.02. The molecule has 1 unspecified atom stereocenters. The van der Waals surface area contributed by atoms with E-state index in [4.69, 9.17) is 5.11 Å². The second kappa shape index (κ2) is 6.75. The lowest BCUT2D eigenvalue weighted by Crippen LogP contribution is -1.99. The van der Waals surface area contributed by atoms with Gasteiger partial charge in [0.2, 0.25) is 0 Å². The van der Waals surface area contributed by atoms with Gasteiger partial charge in [-0.15, -0.1) is 0 Å². The molecule has 2 nitrogen and oxygen atoms in total. The van der Waals surface area contributed by atoms with E-state index >= 15 is 0 Å². The summed E-state index contributed by atoms with van der Waals surface area (Å²) < 4.78 is 11.8. The summed E-state index contributed by atoms with van der Waals surface area (Å²) in [5.74, 6) is 0.698. The van der Waals surface area contributed by atoms with Crippen LogP contribution in [0.1, 0.15) is 24.8 Å². The van der Waals surface area contributed by atoms with Gasteiger partial charge in [-0.1, -0.05) is 18.6 Å². The van der Waals surface area contributed by atoms with Crippen molar-refractivity contribution in [1.82, 2.24) is 0 Å². The van der Waals surface area contributed by atoms with Crippen LogP contribution in [0.25, 0.3) is 0 Å². The van der Waals surface area contributed by atoms with Crippen molar-refractivity contribution in [2.24, 2.45) is 0 Å². The molecular weight excluding hydrogens is 208 g/mol. The third-order valence-corrected chi connectivity index (χ3v) is 3.68. The van der Waals surface area contributed by atoms with Gasteiger partial charge in [0, 0.05) is 17.3 Å². The largest absolute Gasteiger partial charge is 0.396 e. The molecule has 1 aromatic carbocycles. The number of benzene rings is 1. The van der Waals surface area contributed by atoms with Gasteiger partial charge in [-0.05, 0) is 37.5 Å². The minimum absolute atomic E-state index is 0.233. The Bertz CT molecular complexity index is 323. The van der Waals surface area contributed by atoms with Crippen LogP contribution in [0.5, 0.6) is 0 Å². The zero-order chi connectivity index (χ0) is 11.1. The van der Waals surface area contributed by atoms with Crippen LogP contribution in [-0.4, -0.2) is 21.7 Å². The summed E-state index contributed by atoms with van der Waals surface area (Å²) in [4.78, 5) is 0.916. The molecule has 0 aliphatic carbocycles. The molecule has 3 heteroatoms. The molecule has 0 amide bonds. The fourth-order valence-corrected chi connectivity index (χ4v) is 2.65. The Labute approximate surface area is 93.8 Å². The molecule has 0 aromatic heterocycles. The van der Waals surface area contributed by atoms with Crippen molar-refractivity contribution in [3.63, 3.8) is 0 Å². The molecule has 15 heavy (non-hydrogen) atoms. The Morgan fingerprint density at radius 3 is 2.73 bits per heavy atom. The highest BCUT2D eigenvalue weighted by Crippen LogP contribution is 2.10. The second-order valence-electron chi connectivity index (χ2n) is 3.65. The number of rotatable bonds is 6. The predicted octanol–water partition coefficient (Wildman–Crippen LogP) is 2.27. The van der Waals surface area contributed by atoms with Gasteiger partial charge in [0.15, 0.2) is 0 Å². The van der Waals surface area contributed by atoms with Crippen molar-refractivity contribution >= 4 is 10.8 Å². The normalized spacial score (nSPS) is 12.7. The predicted molar refractivity (Wildman–Crippen MR) is 63.4 cm³/mol. The zero-order valence-corrected chi connectivity index (χ0v) is 9.93. The quantitative estimate of drug-likeness (QED) is 0.755. The SMILES string of the molecule is Cc1cccc(S(=O)CCCCCO)c1. The van der Waals surface area contributed by atoms with E-state index in [1.54, 1.807) is 0 Å². The Morgan fingerprint density at radius 2 is 2.07 bits per heavy atom. The molecule has 0 aliphatic heterocycles. The van der Waals surface area contributed by atoms with Gasteiger partial charge >= 0.3 is 0 Å². The molecule has 0 saturated heterocycles. The van der Waals surface area contributed by atoms with Gasteiger partial charge in [-0.3, -0.25) is 4.21 Å². The van der Waals surface area contributed by atoms with Crippen LogP contribution in [0.15, 0.2) is 29.2 Å². The zero-order valence-electron chi connectivity index (χ0n) is 9.11. The summed E-state index contributed by atoms with van der Waals surface area (Å²) in [7, 11) is -0.879. The average molecular weight is 226 g/mol. The first-order chi connectivity index (χ1) is 7.24. The van der Waals surface area contributed by atoms with Crippen LogP contribution in [0.3, 0.4) is 0 Å². The molecule has 84 valence electrons. The van der Waals surface area contributed by atoms with Crippen molar-refractivity contribution in [2.75, 3.05) is 12.4 Å². The van der Waals surface area contributed by atoms with E-state index in [1.165, 1.54) is 0 Å². The first-order valence-corrected chi connectivity index (χ1v) is 6.62. The summed E-state index contributed by atoms with van der Waals surface area (Å²) in [6.07, 6.45) is 2.68. The van der Waals surface area contributed by atoms with E-state index < -0.39 is 10.8 Å². The molecule has 0 heterocycles. The van der Waals surface area contributed by atoms with Gasteiger partial charge in [0.1, 0.15) is 0 Å². The monoisotopic (exact) mass is 226 g/mol. The van der Waals surface area contributed by atoms with E-state index in [2.05, 4.69) is 0 Å². The molecule has 0 spiro atoms. The van der Waals surface area contributed by atoms with Crippen LogP contribution < -0.4 is 0 Å². The number of aliphatic hydroxyl groups excluding tert-OH is 1. The third-order valence-electron chi connectivity index (χ3n) is 2.24. The second-order valence-corrected chi connectivity index (χ2v) is 5.22. The average Bonchev–Trinajstić information content (AvgIpc) is 2.24. The fraction of sp³-hybridized carbons (Fsp3) is 0.500. The first kappa shape index (κ1) is 12.4. The molecule has 1 rings (SSSR count). The van der Waals surface area contributed by atoms with Crippen molar-refractivity contribution < 1.29 is 9.32 Å². The van der Waals surface area contributed by atoms with Gasteiger partial charge in [0.05, 0.1) is 10.8 Å². The number of aryl methyl sites for hydroxylation is 1. The fourth-order valence-electron chi connectivity index (χ4n) is 1.40. The number of hydrogen-bond donors (Lipinski definition) is 1. The molecule has 1 aromatic rings. The van der Waals surface area contributed by atoms with Gasteiger partial charge < -0.3 is 5.11 Å². The molecule has 1 N–H and O–H groups in total. The number of hydrogen-bond acceptors (Lipinski definition) is 2. The van der Waals surface area contributed by atoms with Gasteiger partial charge in [-0.2, -0.15) is 0 Å². The van der Waals surface area contributed by atoms with E-state index in [9.17, 15) is 4.21 Å². The smallest absolute Gasteiger partial charge is 0.0529 e. The Kier molecular flexibility index (Phi) is 5.58. The minimum atomic E-state index is -0.879. The van der Waals surface area contributed by atoms with Crippen LogP contribution >= 0.6 is 0 Å². The van der Waals surface area contributed by atoms with Crippen molar-refractivity contribution in [3.8, 4) is 0 Å². The first-order valence-electron chi connectivity index (χ1n) is 5.30. The summed E-state index contributed by atoms with van der Waals surface area (Å²) >= 11 is 0. The van der Waals surface area contributed by atoms with Gasteiger partial charge in [0.25, 0.3) is 0 Å². The molecular formula is C12H18O2S. The lowest BCUT2D eigenvalue weighted by atomic mass is 10.2. The highest BCUT2D eigenvalue weighted by atomic mass is 32.2. The third kappa shape index (κ3) is 4.58. The van der Waals surface area contributed by atoms with Crippen LogP contribution in [-0.2, 0) is 10.8 Å². The maximum absolute atomic E-state index is 11.8. The summed E-state index contributed by atoms with van der Waals surface area (Å²) in [6.45, 7) is 2.24. The van der Waals surface area contributed by atoms with Crippen LogP contribution in [0.2, 0.25) is 0 Å². The summed E-state index contributed by atoms with van der Waals surface area (Å²) in [5, 5.41) is 8.61. The maximum Gasteiger partial charge on any atom is 0.0529 e. The van der Waals surface area contributed by atoms with Crippen molar-refractivity contribution in [1.29, 1.82) is 0 Å². The molecule has 0 radical (unpaired) electrons. The Balaban J connectivity index is 2.40. The van der Waals surface area contributed by atoms with Crippen LogP contribution in [0.4, 0.5) is 0 Å². The van der Waals surface area contributed by atoms with E-state index in [0.29, 0.717) is 5.75 Å². The maximum atomic E-state index is 11.8. The van der Waals surface area contributed by atoms with Crippen molar-refractivity contribution in [2.45, 2.75) is 31.1 Å². The standard InChI is InChI=1S/C12H18O2S/c1-11-6-5-7-12(10-11)15(14)9-4-2-3-8-13/h5-7,10,13H,2-4,8-9H2,1H3. The lowest BCUT2D eigenvalue weighted by molar-refractivity contribution is 0.284. The van der Waals surface area contributed by atoms with Gasteiger partial charge in [-0.25, -0.2) is 0 Å². The van der Waals surface area contributed by atoms with E-state index in [-0.39, 0.29) is 6.61 Å². The summed E-state index contributed by atoms with van der Waals surface area (Å²) in [5.41, 5.74) is 1.15.